The number of carbonyl (C=O) groups excluding carboxylic acids is 2. The first-order chi connectivity index (χ1) is 22.8. The van der Waals surface area contributed by atoms with Crippen molar-refractivity contribution >= 4 is 41.0 Å². The number of carbonyl (C=O) groups is 2. The van der Waals surface area contributed by atoms with Crippen LogP contribution in [0.25, 0.3) is 0 Å². The van der Waals surface area contributed by atoms with Crippen LogP contribution < -0.4 is 10.1 Å². The smallest absolute Gasteiger partial charge is 0.416 e. The molecule has 0 saturated carbocycles. The Bertz CT molecular complexity index is 1630. The van der Waals surface area contributed by atoms with Crippen molar-refractivity contribution in [2.75, 3.05) is 45.9 Å². The number of rotatable bonds is 9. The number of nitrogens with zero attached hydrogens (tertiary/aromatic N) is 4. The van der Waals surface area contributed by atoms with Gasteiger partial charge in [0.05, 0.1) is 30.3 Å². The van der Waals surface area contributed by atoms with Gasteiger partial charge in [-0.05, 0) is 66.4 Å². The monoisotopic (exact) mass is 703 g/mol. The predicted octanol–water partition coefficient (Wildman–Crippen LogP) is 7.47. The summed E-state index contributed by atoms with van der Waals surface area (Å²) >= 11 is 12.5. The van der Waals surface area contributed by atoms with Crippen LogP contribution in [-0.4, -0.2) is 78.3 Å². The van der Waals surface area contributed by atoms with E-state index in [2.05, 4.69) is 5.32 Å². The summed E-state index contributed by atoms with van der Waals surface area (Å²) in [7, 11) is 0. The molecule has 0 aromatic heterocycles. The number of piperazine rings is 1. The number of amidine groups is 1. The molecule has 3 aromatic carbocycles. The molecule has 8 nitrogen and oxygen atoms in total. The molecule has 2 aliphatic rings. The molecule has 2 atom stereocenters. The van der Waals surface area contributed by atoms with Crippen LogP contribution in [0.2, 0.25) is 10.0 Å². The highest BCUT2D eigenvalue weighted by Gasteiger charge is 2.45. The Morgan fingerprint density at radius 1 is 0.938 bits per heavy atom. The molecule has 2 unspecified atom stereocenters. The number of hydrogen-bond donors (Lipinski definition) is 1. The number of hydrogen-bond acceptors (Lipinski definition) is 5. The van der Waals surface area contributed by atoms with Crippen LogP contribution in [0.3, 0.4) is 0 Å². The van der Waals surface area contributed by atoms with Gasteiger partial charge >= 0.3 is 12.2 Å². The molecule has 48 heavy (non-hydrogen) atoms. The van der Waals surface area contributed by atoms with Gasteiger partial charge in [0, 0.05) is 42.8 Å². The van der Waals surface area contributed by atoms with Crippen LogP contribution in [0.4, 0.5) is 18.0 Å². The van der Waals surface area contributed by atoms with Gasteiger partial charge in [-0.2, -0.15) is 13.2 Å². The number of aliphatic imine (C=N–C) groups is 1. The van der Waals surface area contributed by atoms with Gasteiger partial charge in [-0.25, -0.2) is 4.79 Å². The average Bonchev–Trinajstić information content (AvgIpc) is 3.44. The van der Waals surface area contributed by atoms with Crippen LogP contribution in [0.5, 0.6) is 5.75 Å². The van der Waals surface area contributed by atoms with E-state index in [9.17, 15) is 22.8 Å². The molecule has 0 aliphatic carbocycles. The minimum Gasteiger partial charge on any atom is -0.493 e. The summed E-state index contributed by atoms with van der Waals surface area (Å²) < 4.78 is 47.1. The van der Waals surface area contributed by atoms with Crippen LogP contribution in [0.15, 0.2) is 71.7 Å². The lowest BCUT2D eigenvalue weighted by atomic mass is 9.93. The van der Waals surface area contributed by atoms with E-state index in [4.69, 9.17) is 32.9 Å². The summed E-state index contributed by atoms with van der Waals surface area (Å²) in [6, 6.07) is 15.7. The summed E-state index contributed by atoms with van der Waals surface area (Å²) in [5.41, 5.74) is 0.878. The fourth-order valence-corrected chi connectivity index (χ4v) is 6.09. The SMILES string of the molecule is CCOc1cc(C(F)(F)F)ccc1C1=NC(c2ccc(Cl)cc2)C(c2ccc(Cl)cc2)N1C(=O)N1CCN(CC(=O)NCC(C)C)CC1. The molecule has 2 aliphatic heterocycles. The highest BCUT2D eigenvalue weighted by Crippen LogP contribution is 2.46. The van der Waals surface area contributed by atoms with Crippen LogP contribution >= 0.6 is 23.2 Å². The molecule has 0 radical (unpaired) electrons. The average molecular weight is 705 g/mol. The number of amides is 3. The third-order valence-corrected chi connectivity index (χ3v) is 8.77. The first-order valence-corrected chi connectivity index (χ1v) is 16.6. The molecule has 256 valence electrons. The van der Waals surface area contributed by atoms with Gasteiger partial charge in [0.15, 0.2) is 0 Å². The highest BCUT2D eigenvalue weighted by atomic mass is 35.5. The number of ether oxygens (including phenoxy) is 1. The van der Waals surface area contributed by atoms with Gasteiger partial charge in [-0.1, -0.05) is 61.3 Å². The molecule has 0 spiro atoms. The molecule has 1 fully saturated rings. The molecule has 2 heterocycles. The van der Waals surface area contributed by atoms with E-state index in [0.717, 1.165) is 23.3 Å². The molecule has 1 saturated heterocycles. The van der Waals surface area contributed by atoms with E-state index in [-0.39, 0.29) is 42.2 Å². The van der Waals surface area contributed by atoms with Gasteiger partial charge in [-0.3, -0.25) is 19.6 Å². The second-order valence-corrected chi connectivity index (χ2v) is 13.1. The van der Waals surface area contributed by atoms with Crippen LogP contribution in [0, 0.1) is 5.92 Å². The molecule has 13 heteroatoms. The van der Waals surface area contributed by atoms with Crippen molar-refractivity contribution < 1.29 is 27.5 Å². The fraction of sp³-hybridized carbons (Fsp3) is 0.400. The Kier molecular flexibility index (Phi) is 11.2. The lowest BCUT2D eigenvalue weighted by Crippen LogP contribution is -2.55. The van der Waals surface area contributed by atoms with E-state index < -0.39 is 23.8 Å². The van der Waals surface area contributed by atoms with Gasteiger partial charge in [0.1, 0.15) is 17.6 Å². The van der Waals surface area contributed by atoms with Crippen LogP contribution in [-0.2, 0) is 11.0 Å². The fourth-order valence-electron chi connectivity index (χ4n) is 5.84. The quantitative estimate of drug-likeness (QED) is 0.251. The maximum atomic E-state index is 14.7. The van der Waals surface area contributed by atoms with E-state index in [1.54, 1.807) is 41.0 Å². The topological polar surface area (TPSA) is 77.5 Å². The lowest BCUT2D eigenvalue weighted by Gasteiger charge is -2.39. The van der Waals surface area contributed by atoms with Crippen molar-refractivity contribution in [1.82, 2.24) is 20.0 Å². The molecule has 0 bridgehead atoms. The van der Waals surface area contributed by atoms with E-state index >= 15 is 0 Å². The predicted molar refractivity (Wildman–Crippen MR) is 181 cm³/mol. The zero-order valence-electron chi connectivity index (χ0n) is 26.9. The zero-order chi connectivity index (χ0) is 34.6. The molecule has 3 amide bonds. The lowest BCUT2D eigenvalue weighted by molar-refractivity contribution is -0.137. The minimum atomic E-state index is -4.60. The van der Waals surface area contributed by atoms with Crippen molar-refractivity contribution in [1.29, 1.82) is 0 Å². The number of nitrogens with one attached hydrogen (secondary N) is 1. The maximum Gasteiger partial charge on any atom is 0.416 e. The largest absolute Gasteiger partial charge is 0.493 e. The molecule has 3 aromatic rings. The van der Waals surface area contributed by atoms with Crippen molar-refractivity contribution in [3.05, 3.63) is 99.0 Å². The standard InChI is InChI=1S/C35H38Cl2F3N5O3/c1-4-48-29-19-25(35(38,39)40)9-14-28(29)33-42-31(23-5-10-26(36)11-6-23)32(24-7-12-27(37)13-8-24)45(33)34(47)44-17-15-43(16-18-44)21-30(46)41-20-22(2)3/h5-14,19,22,31-32H,4,15-18,20-21H2,1-3H3,(H,41,46). The van der Waals surface area contributed by atoms with Gasteiger partial charge in [0.25, 0.3) is 0 Å². The molecule has 1 N–H and O–H groups in total. The third-order valence-electron chi connectivity index (χ3n) is 8.26. The zero-order valence-corrected chi connectivity index (χ0v) is 28.4. The Balaban J connectivity index is 1.55. The van der Waals surface area contributed by atoms with Gasteiger partial charge < -0.3 is 15.0 Å². The summed E-state index contributed by atoms with van der Waals surface area (Å²) in [5.74, 6) is 0.412. The van der Waals surface area contributed by atoms with E-state index in [1.165, 1.54) is 6.07 Å². The summed E-state index contributed by atoms with van der Waals surface area (Å²) in [5, 5.41) is 3.96. The number of benzene rings is 3. The molecular weight excluding hydrogens is 666 g/mol. The minimum absolute atomic E-state index is 0.0345. The van der Waals surface area contributed by atoms with Crippen molar-refractivity contribution in [3.8, 4) is 5.75 Å². The van der Waals surface area contributed by atoms with Gasteiger partial charge in [-0.15, -0.1) is 0 Å². The first kappa shape index (κ1) is 35.5. The summed E-state index contributed by atoms with van der Waals surface area (Å²) in [6.07, 6.45) is -4.60. The van der Waals surface area contributed by atoms with Gasteiger partial charge in [0.2, 0.25) is 5.91 Å². The van der Waals surface area contributed by atoms with Crippen molar-refractivity contribution in [3.63, 3.8) is 0 Å². The molecule has 5 rings (SSSR count). The summed E-state index contributed by atoms with van der Waals surface area (Å²) in [6.45, 7) is 8.26. The van der Waals surface area contributed by atoms with E-state index in [0.29, 0.717) is 48.7 Å². The van der Waals surface area contributed by atoms with Crippen molar-refractivity contribution in [2.24, 2.45) is 10.9 Å². The molecular formula is C35H38Cl2F3N5O3. The number of urea groups is 1. The summed E-state index contributed by atoms with van der Waals surface area (Å²) in [4.78, 5) is 37.4. The Labute approximate surface area is 288 Å². The second kappa shape index (κ2) is 15.2. The maximum absolute atomic E-state index is 14.7. The Morgan fingerprint density at radius 2 is 1.54 bits per heavy atom. The van der Waals surface area contributed by atoms with Crippen molar-refractivity contribution in [2.45, 2.75) is 39.0 Å². The normalized spacial score (nSPS) is 18.6. The first-order valence-electron chi connectivity index (χ1n) is 15.9. The number of halogens is 5. The highest BCUT2D eigenvalue weighted by molar-refractivity contribution is 6.30. The Hall–Kier alpha value is -3.80. The number of alkyl halides is 3. The van der Waals surface area contributed by atoms with Crippen LogP contribution in [0.1, 0.15) is 55.1 Å². The Morgan fingerprint density at radius 3 is 2.10 bits per heavy atom. The third kappa shape index (κ3) is 8.25. The second-order valence-electron chi connectivity index (χ2n) is 12.2. The van der Waals surface area contributed by atoms with E-state index in [1.807, 2.05) is 43.0 Å².